The van der Waals surface area contributed by atoms with E-state index in [1.165, 1.54) is 24.8 Å². The highest BCUT2D eigenvalue weighted by atomic mass is 35.5. The molecule has 0 radical (unpaired) electrons. The molecular weight excluding hydrogens is 352 g/mol. The maximum atomic E-state index is 12.1. The number of hydrogen-bond acceptors (Lipinski definition) is 4. The van der Waals surface area contributed by atoms with Crippen LogP contribution < -0.4 is 14.8 Å². The zero-order valence-electron chi connectivity index (χ0n) is 15.0. The molecule has 6 heteroatoms. The fraction of sp³-hybridized carbons (Fsp3) is 0.300. The van der Waals surface area contributed by atoms with Crippen LogP contribution in [-0.4, -0.2) is 19.6 Å². The van der Waals surface area contributed by atoms with Crippen molar-refractivity contribution in [1.82, 2.24) is 0 Å². The number of methoxy groups -OCH3 is 1. The number of rotatable bonds is 7. The molecule has 26 heavy (non-hydrogen) atoms. The van der Waals surface area contributed by atoms with E-state index in [1.54, 1.807) is 0 Å². The lowest BCUT2D eigenvalue weighted by atomic mass is 9.99. The lowest BCUT2D eigenvalue weighted by Gasteiger charge is -2.13. The zero-order valence-corrected chi connectivity index (χ0v) is 15.8. The average molecular weight is 373 g/mol. The molecule has 0 aliphatic heterocycles. The number of amides is 1. The van der Waals surface area contributed by atoms with Crippen LogP contribution in [0.1, 0.15) is 37.3 Å². The summed E-state index contributed by atoms with van der Waals surface area (Å²) in [5, 5.41) is 11.9. The van der Waals surface area contributed by atoms with Gasteiger partial charge < -0.3 is 14.8 Å². The summed E-state index contributed by atoms with van der Waals surface area (Å²) in [4.78, 5) is 12.1. The number of nitrogens with zero attached hydrogens (tertiary/aromatic N) is 1. The molecule has 0 spiro atoms. The molecule has 0 unspecified atom stereocenters. The molecule has 1 atom stereocenters. The third-order valence-electron chi connectivity index (χ3n) is 4.08. The SMILES string of the molecule is CC[C@@H](C)c1ccc(NC(=O)COc2c(Cl)cc(C#N)cc2OC)cc1. The number of hydrogen-bond donors (Lipinski definition) is 1. The van der Waals surface area contributed by atoms with Crippen molar-refractivity contribution in [2.75, 3.05) is 19.0 Å². The largest absolute Gasteiger partial charge is 0.493 e. The van der Waals surface area contributed by atoms with Gasteiger partial charge in [-0.15, -0.1) is 0 Å². The Balaban J connectivity index is 2.00. The molecule has 5 nitrogen and oxygen atoms in total. The lowest BCUT2D eigenvalue weighted by Crippen LogP contribution is -2.20. The maximum Gasteiger partial charge on any atom is 0.262 e. The van der Waals surface area contributed by atoms with E-state index >= 15 is 0 Å². The van der Waals surface area contributed by atoms with Crippen LogP contribution in [-0.2, 0) is 4.79 Å². The molecule has 2 rings (SSSR count). The monoisotopic (exact) mass is 372 g/mol. The van der Waals surface area contributed by atoms with Crippen LogP contribution in [0, 0.1) is 11.3 Å². The Hall–Kier alpha value is -2.71. The Kier molecular flexibility index (Phi) is 6.88. The lowest BCUT2D eigenvalue weighted by molar-refractivity contribution is -0.118. The van der Waals surface area contributed by atoms with Gasteiger partial charge in [0, 0.05) is 11.8 Å². The van der Waals surface area contributed by atoms with Crippen molar-refractivity contribution in [2.24, 2.45) is 0 Å². The molecule has 0 bridgehead atoms. The molecular formula is C20H21ClN2O3. The van der Waals surface area contributed by atoms with Gasteiger partial charge in [0.05, 0.1) is 23.8 Å². The van der Waals surface area contributed by atoms with E-state index < -0.39 is 0 Å². The molecule has 0 saturated carbocycles. The van der Waals surface area contributed by atoms with Gasteiger partial charge in [0.2, 0.25) is 0 Å². The first-order valence-corrected chi connectivity index (χ1v) is 8.66. The second-order valence-corrected chi connectivity index (χ2v) is 6.28. The van der Waals surface area contributed by atoms with Gasteiger partial charge >= 0.3 is 0 Å². The summed E-state index contributed by atoms with van der Waals surface area (Å²) in [7, 11) is 1.44. The summed E-state index contributed by atoms with van der Waals surface area (Å²) in [5.74, 6) is 0.702. The highest BCUT2D eigenvalue weighted by Gasteiger charge is 2.14. The van der Waals surface area contributed by atoms with E-state index in [0.717, 1.165) is 6.42 Å². The molecule has 0 aliphatic carbocycles. The van der Waals surface area contributed by atoms with Crippen LogP contribution in [0.25, 0.3) is 0 Å². The molecule has 0 heterocycles. The smallest absolute Gasteiger partial charge is 0.262 e. The Labute approximate surface area is 158 Å². The van der Waals surface area contributed by atoms with Gasteiger partial charge in [0.1, 0.15) is 0 Å². The summed E-state index contributed by atoms with van der Waals surface area (Å²) in [6.07, 6.45) is 1.06. The van der Waals surface area contributed by atoms with Crippen molar-refractivity contribution >= 4 is 23.2 Å². The summed E-state index contributed by atoms with van der Waals surface area (Å²) < 4.78 is 10.7. The quantitative estimate of drug-likeness (QED) is 0.761. The highest BCUT2D eigenvalue weighted by Crippen LogP contribution is 2.36. The van der Waals surface area contributed by atoms with Crippen LogP contribution in [0.4, 0.5) is 5.69 Å². The number of halogens is 1. The molecule has 0 aromatic heterocycles. The molecule has 1 amide bonds. The van der Waals surface area contributed by atoms with Gasteiger partial charge in [-0.3, -0.25) is 4.79 Å². The first-order chi connectivity index (χ1) is 12.5. The van der Waals surface area contributed by atoms with E-state index in [9.17, 15) is 4.79 Å². The number of benzene rings is 2. The topological polar surface area (TPSA) is 71.3 Å². The van der Waals surface area contributed by atoms with Crippen LogP contribution in [0.15, 0.2) is 36.4 Å². The zero-order chi connectivity index (χ0) is 19.1. The van der Waals surface area contributed by atoms with Gasteiger partial charge in [0.15, 0.2) is 18.1 Å². The Morgan fingerprint density at radius 3 is 2.58 bits per heavy atom. The highest BCUT2D eigenvalue weighted by molar-refractivity contribution is 6.32. The normalized spacial score (nSPS) is 11.3. The second kappa shape index (κ2) is 9.12. The fourth-order valence-corrected chi connectivity index (χ4v) is 2.66. The molecule has 136 valence electrons. The van der Waals surface area contributed by atoms with Gasteiger partial charge in [-0.2, -0.15) is 5.26 Å². The van der Waals surface area contributed by atoms with Crippen LogP contribution >= 0.6 is 11.6 Å². The van der Waals surface area contributed by atoms with Crippen molar-refractivity contribution < 1.29 is 14.3 Å². The molecule has 2 aromatic carbocycles. The van der Waals surface area contributed by atoms with Gasteiger partial charge in [-0.05, 0) is 36.1 Å². The number of carbonyl (C=O) groups is 1. The summed E-state index contributed by atoms with van der Waals surface area (Å²) in [6, 6.07) is 12.7. The number of anilines is 1. The van der Waals surface area contributed by atoms with Crippen LogP contribution in [0.2, 0.25) is 5.02 Å². The standard InChI is InChI=1S/C20H21ClN2O3/c1-4-13(2)15-5-7-16(8-6-15)23-19(24)12-26-20-17(21)9-14(11-22)10-18(20)25-3/h5-10,13H,4,12H2,1-3H3,(H,23,24)/t13-/m1/s1. The van der Waals surface area contributed by atoms with Gasteiger partial charge in [-0.25, -0.2) is 0 Å². The van der Waals surface area contributed by atoms with Crippen LogP contribution in [0.3, 0.4) is 0 Å². The predicted octanol–water partition coefficient (Wildman–Crippen LogP) is 4.75. The minimum absolute atomic E-state index is 0.214. The predicted molar refractivity (Wildman–Crippen MR) is 102 cm³/mol. The summed E-state index contributed by atoms with van der Waals surface area (Å²) in [6.45, 7) is 4.07. The summed E-state index contributed by atoms with van der Waals surface area (Å²) in [5.41, 5.74) is 2.28. The third-order valence-corrected chi connectivity index (χ3v) is 4.36. The number of nitrogens with one attached hydrogen (secondary N) is 1. The second-order valence-electron chi connectivity index (χ2n) is 5.87. The molecule has 0 fully saturated rings. The Morgan fingerprint density at radius 1 is 1.31 bits per heavy atom. The van der Waals surface area contributed by atoms with Crippen molar-refractivity contribution in [2.45, 2.75) is 26.2 Å². The van der Waals surface area contributed by atoms with E-state index in [4.69, 9.17) is 26.3 Å². The number of ether oxygens (including phenoxy) is 2. The third kappa shape index (κ3) is 4.90. The molecule has 0 aliphatic rings. The van der Waals surface area contributed by atoms with Crippen molar-refractivity contribution in [3.8, 4) is 17.6 Å². The molecule has 1 N–H and O–H groups in total. The van der Waals surface area contributed by atoms with Crippen molar-refractivity contribution in [3.63, 3.8) is 0 Å². The Bertz CT molecular complexity index is 813. The van der Waals surface area contributed by atoms with Gasteiger partial charge in [0.25, 0.3) is 5.91 Å². The minimum Gasteiger partial charge on any atom is -0.493 e. The molecule has 0 saturated heterocycles. The summed E-state index contributed by atoms with van der Waals surface area (Å²) >= 11 is 6.11. The van der Waals surface area contributed by atoms with E-state index in [-0.39, 0.29) is 23.3 Å². The van der Waals surface area contributed by atoms with Crippen LogP contribution in [0.5, 0.6) is 11.5 Å². The first kappa shape index (κ1) is 19.6. The minimum atomic E-state index is -0.316. The number of carbonyl (C=O) groups excluding carboxylic acids is 1. The number of nitriles is 1. The van der Waals surface area contributed by atoms with E-state index in [2.05, 4.69) is 19.2 Å². The maximum absolute atomic E-state index is 12.1. The van der Waals surface area contributed by atoms with Gasteiger partial charge in [-0.1, -0.05) is 37.6 Å². The first-order valence-electron chi connectivity index (χ1n) is 8.28. The fourth-order valence-electron chi connectivity index (χ4n) is 2.39. The average Bonchev–Trinajstić information content (AvgIpc) is 2.66. The van der Waals surface area contributed by atoms with E-state index in [1.807, 2.05) is 30.3 Å². The Morgan fingerprint density at radius 2 is 2.00 bits per heavy atom. The molecule has 2 aromatic rings. The van der Waals surface area contributed by atoms with E-state index in [0.29, 0.717) is 22.9 Å². The van der Waals surface area contributed by atoms with Crippen molar-refractivity contribution in [3.05, 3.63) is 52.5 Å². The van der Waals surface area contributed by atoms with Crippen molar-refractivity contribution in [1.29, 1.82) is 5.26 Å².